The van der Waals surface area contributed by atoms with E-state index in [1.54, 1.807) is 0 Å². The van der Waals surface area contributed by atoms with Gasteiger partial charge in [0.2, 0.25) is 0 Å². The average molecular weight is 390 g/mol. The molecule has 0 fully saturated rings. The first-order chi connectivity index (χ1) is 9.49. The Labute approximate surface area is 138 Å². The second-order valence-corrected chi connectivity index (χ2v) is 14.6. The Bertz CT molecular complexity index is 532. The first kappa shape index (κ1) is 16.8. The fourth-order valence-electron chi connectivity index (χ4n) is 3.26. The summed E-state index contributed by atoms with van der Waals surface area (Å²) in [5.74, 6) is 0. The first-order valence-electron chi connectivity index (χ1n) is 7.47. The molecule has 1 aliphatic carbocycles. The van der Waals surface area contributed by atoms with Crippen LogP contribution in [0.2, 0.25) is 0 Å². The van der Waals surface area contributed by atoms with Gasteiger partial charge in [-0.3, -0.25) is 0 Å². The molecule has 0 heterocycles. The van der Waals surface area contributed by atoms with Crippen LogP contribution in [0.15, 0.2) is 17.7 Å². The quantitative estimate of drug-likeness (QED) is 0.504. The SMILES string of the molecule is CCCCCc1ccc(C)c2c1C(C)=C(C)[CH]2[Zr]([Cl])[Cl]. The molecule has 0 radical (unpaired) electrons. The number of allylic oxidation sites excluding steroid dienone is 2. The van der Waals surface area contributed by atoms with E-state index in [1.165, 1.54) is 59.1 Å². The van der Waals surface area contributed by atoms with Gasteiger partial charge in [-0.15, -0.1) is 0 Å². The van der Waals surface area contributed by atoms with Gasteiger partial charge in [0.05, 0.1) is 0 Å². The summed E-state index contributed by atoms with van der Waals surface area (Å²) in [7, 11) is 12.9. The summed E-state index contributed by atoms with van der Waals surface area (Å²) in [5, 5.41) is 0. The van der Waals surface area contributed by atoms with Crippen LogP contribution in [0, 0.1) is 6.92 Å². The van der Waals surface area contributed by atoms with Gasteiger partial charge in [0.25, 0.3) is 0 Å². The molecule has 0 bridgehead atoms. The Hall–Kier alpha value is 0.423. The van der Waals surface area contributed by atoms with Gasteiger partial charge in [0.15, 0.2) is 0 Å². The number of aryl methyl sites for hydroxylation is 2. The number of hydrogen-bond donors (Lipinski definition) is 0. The molecular weight excluding hydrogens is 366 g/mol. The number of rotatable bonds is 5. The second-order valence-electron chi connectivity index (χ2n) is 5.82. The molecule has 0 saturated carbocycles. The minimum atomic E-state index is -2.33. The zero-order valence-electron chi connectivity index (χ0n) is 12.8. The molecule has 0 saturated heterocycles. The van der Waals surface area contributed by atoms with Crippen LogP contribution in [0.5, 0.6) is 0 Å². The van der Waals surface area contributed by atoms with E-state index in [0.717, 1.165) is 0 Å². The maximum atomic E-state index is 6.45. The van der Waals surface area contributed by atoms with Crippen LogP contribution in [0.3, 0.4) is 0 Å². The molecule has 1 unspecified atom stereocenters. The Kier molecular flexibility index (Phi) is 5.98. The van der Waals surface area contributed by atoms with E-state index in [4.69, 9.17) is 17.0 Å². The van der Waals surface area contributed by atoms with Crippen molar-refractivity contribution in [2.45, 2.75) is 57.0 Å². The first-order valence-corrected chi connectivity index (χ1v) is 15.2. The summed E-state index contributed by atoms with van der Waals surface area (Å²) in [6, 6.07) is 4.58. The fraction of sp³-hybridized carbons (Fsp3) is 0.529. The molecule has 0 spiro atoms. The summed E-state index contributed by atoms with van der Waals surface area (Å²) in [4.78, 5) is 0. The Morgan fingerprint density at radius 2 is 1.80 bits per heavy atom. The third-order valence-electron chi connectivity index (χ3n) is 4.51. The molecule has 1 aliphatic rings. The van der Waals surface area contributed by atoms with Crippen molar-refractivity contribution in [3.8, 4) is 0 Å². The molecule has 3 heteroatoms. The van der Waals surface area contributed by atoms with Crippen LogP contribution in [-0.4, -0.2) is 0 Å². The Morgan fingerprint density at radius 3 is 2.40 bits per heavy atom. The summed E-state index contributed by atoms with van der Waals surface area (Å²) in [6.07, 6.45) is 5.03. The zero-order valence-corrected chi connectivity index (χ0v) is 16.8. The molecular formula is C17H23Cl2Zr. The topological polar surface area (TPSA) is 0 Å². The van der Waals surface area contributed by atoms with Crippen molar-refractivity contribution in [2.24, 2.45) is 0 Å². The van der Waals surface area contributed by atoms with Crippen molar-refractivity contribution in [1.29, 1.82) is 0 Å². The minimum absolute atomic E-state index is 0.363. The van der Waals surface area contributed by atoms with Gasteiger partial charge in [-0.05, 0) is 0 Å². The van der Waals surface area contributed by atoms with Gasteiger partial charge in [0, 0.05) is 0 Å². The van der Waals surface area contributed by atoms with Crippen LogP contribution in [0.1, 0.15) is 65.9 Å². The molecule has 20 heavy (non-hydrogen) atoms. The van der Waals surface area contributed by atoms with Crippen LogP contribution in [0.25, 0.3) is 5.57 Å². The van der Waals surface area contributed by atoms with E-state index < -0.39 is 19.4 Å². The van der Waals surface area contributed by atoms with E-state index in [0.29, 0.717) is 3.63 Å². The van der Waals surface area contributed by atoms with E-state index in [2.05, 4.69) is 39.8 Å². The van der Waals surface area contributed by atoms with Crippen LogP contribution in [-0.2, 0) is 25.8 Å². The molecule has 0 aliphatic heterocycles. The van der Waals surface area contributed by atoms with Gasteiger partial charge in [-0.2, -0.15) is 0 Å². The number of halogens is 2. The predicted octanol–water partition coefficient (Wildman–Crippen LogP) is 6.50. The second kappa shape index (κ2) is 7.12. The van der Waals surface area contributed by atoms with Gasteiger partial charge < -0.3 is 0 Å². The summed E-state index contributed by atoms with van der Waals surface area (Å²) in [5.41, 5.74) is 8.64. The Balaban J connectivity index is 2.46. The molecule has 109 valence electrons. The predicted molar refractivity (Wildman–Crippen MR) is 87.1 cm³/mol. The molecule has 0 aromatic heterocycles. The van der Waals surface area contributed by atoms with Crippen LogP contribution < -0.4 is 0 Å². The van der Waals surface area contributed by atoms with Gasteiger partial charge >= 0.3 is 139 Å². The van der Waals surface area contributed by atoms with Gasteiger partial charge in [-0.25, -0.2) is 0 Å². The molecule has 2 rings (SSSR count). The summed E-state index contributed by atoms with van der Waals surface area (Å²) < 4.78 is 0.363. The van der Waals surface area contributed by atoms with E-state index >= 15 is 0 Å². The molecule has 0 amide bonds. The van der Waals surface area contributed by atoms with Gasteiger partial charge in [0.1, 0.15) is 0 Å². The third kappa shape index (κ3) is 3.11. The van der Waals surface area contributed by atoms with Crippen molar-refractivity contribution in [3.63, 3.8) is 0 Å². The van der Waals surface area contributed by atoms with Gasteiger partial charge in [-0.1, -0.05) is 0 Å². The standard InChI is InChI=1S/C17H23.2ClH.Zr/c1-5-6-7-8-15-10-9-12(2)16-11-13(3)14(4)17(15)16;;;/h9-11H,5-8H2,1-4H3;2*1H;/q;;;+2/p-2. The number of hydrogen-bond acceptors (Lipinski definition) is 0. The average Bonchev–Trinajstić information content (AvgIpc) is 2.67. The third-order valence-corrected chi connectivity index (χ3v) is 9.93. The van der Waals surface area contributed by atoms with Crippen molar-refractivity contribution in [1.82, 2.24) is 0 Å². The number of unbranched alkanes of at least 4 members (excludes halogenated alkanes) is 2. The summed E-state index contributed by atoms with van der Waals surface area (Å²) in [6.45, 7) is 8.93. The molecule has 0 nitrogen and oxygen atoms in total. The van der Waals surface area contributed by atoms with E-state index in [-0.39, 0.29) is 0 Å². The van der Waals surface area contributed by atoms with E-state index in [9.17, 15) is 0 Å². The van der Waals surface area contributed by atoms with Crippen molar-refractivity contribution < 1.29 is 19.4 Å². The van der Waals surface area contributed by atoms with Crippen LogP contribution >= 0.6 is 17.0 Å². The molecule has 1 aromatic carbocycles. The fourth-order valence-corrected chi connectivity index (χ4v) is 9.28. The maximum absolute atomic E-state index is 6.45. The summed E-state index contributed by atoms with van der Waals surface area (Å²) >= 11 is -2.33. The zero-order chi connectivity index (χ0) is 14.9. The Morgan fingerprint density at radius 1 is 1.10 bits per heavy atom. The normalized spacial score (nSPS) is 17.6. The van der Waals surface area contributed by atoms with Crippen molar-refractivity contribution in [2.75, 3.05) is 0 Å². The molecule has 0 N–H and O–H groups in total. The number of fused-ring (bicyclic) bond motifs is 1. The van der Waals surface area contributed by atoms with Crippen LogP contribution in [0.4, 0.5) is 0 Å². The molecule has 1 aromatic rings. The van der Waals surface area contributed by atoms with E-state index in [1.807, 2.05) is 0 Å². The van der Waals surface area contributed by atoms with Crippen molar-refractivity contribution in [3.05, 3.63) is 40.0 Å². The molecule has 1 atom stereocenters. The number of benzene rings is 1. The monoisotopic (exact) mass is 387 g/mol. The van der Waals surface area contributed by atoms with Crippen molar-refractivity contribution >= 4 is 22.6 Å².